The number of rotatable bonds is 6. The fourth-order valence-corrected chi connectivity index (χ4v) is 2.51. The summed E-state index contributed by atoms with van der Waals surface area (Å²) in [6.07, 6.45) is 1.06. The number of hydrogen-bond acceptors (Lipinski definition) is 4. The highest BCUT2D eigenvalue weighted by Crippen LogP contribution is 2.47. The number of hydrogen-bond donors (Lipinski definition) is 2. The first kappa shape index (κ1) is 17.4. The zero-order chi connectivity index (χ0) is 17.2. The van der Waals surface area contributed by atoms with Gasteiger partial charge in [0.05, 0.1) is 24.9 Å². The van der Waals surface area contributed by atoms with E-state index >= 15 is 0 Å². The molecular weight excluding hydrogens is 320 g/mol. The fourth-order valence-electron chi connectivity index (χ4n) is 2.28. The molecule has 0 radical (unpaired) electrons. The van der Waals surface area contributed by atoms with Crippen molar-refractivity contribution in [3.05, 3.63) is 17.2 Å². The lowest BCUT2D eigenvalue weighted by molar-refractivity contribution is -0.134. The van der Waals surface area contributed by atoms with Crippen LogP contribution < -0.4 is 20.1 Å². The van der Waals surface area contributed by atoms with Gasteiger partial charge in [-0.15, -0.1) is 0 Å². The predicted octanol–water partition coefficient (Wildman–Crippen LogP) is 2.60. The Bertz CT molecular complexity index is 627. The second kappa shape index (κ2) is 6.66. The fraction of sp³-hybridized carbons (Fsp3) is 0.500. The minimum Gasteiger partial charge on any atom is -0.495 e. The summed E-state index contributed by atoms with van der Waals surface area (Å²) in [6.45, 7) is 3.72. The number of amides is 2. The van der Waals surface area contributed by atoms with Gasteiger partial charge in [0.2, 0.25) is 11.8 Å². The summed E-state index contributed by atoms with van der Waals surface area (Å²) in [5.41, 5.74) is -0.579. The van der Waals surface area contributed by atoms with Crippen molar-refractivity contribution in [2.75, 3.05) is 19.5 Å². The highest BCUT2D eigenvalue weighted by Gasteiger charge is 2.56. The zero-order valence-corrected chi connectivity index (χ0v) is 14.4. The number of methoxy groups -OCH3 is 2. The van der Waals surface area contributed by atoms with Crippen molar-refractivity contribution in [3.8, 4) is 11.5 Å². The summed E-state index contributed by atoms with van der Waals surface area (Å²) in [5.74, 6) is 0.228. The van der Waals surface area contributed by atoms with E-state index in [2.05, 4.69) is 10.6 Å². The number of carbonyl (C=O) groups is 2. The van der Waals surface area contributed by atoms with Crippen molar-refractivity contribution in [1.82, 2.24) is 5.32 Å². The minimum absolute atomic E-state index is 0.0158. The first-order valence-electron chi connectivity index (χ1n) is 7.38. The molecule has 0 aliphatic heterocycles. The van der Waals surface area contributed by atoms with Crippen molar-refractivity contribution >= 4 is 29.1 Å². The van der Waals surface area contributed by atoms with Crippen molar-refractivity contribution in [3.63, 3.8) is 0 Å². The van der Waals surface area contributed by atoms with Gasteiger partial charge in [-0.3, -0.25) is 9.59 Å². The average molecular weight is 341 g/mol. The quantitative estimate of drug-likeness (QED) is 0.780. The molecule has 1 aliphatic carbocycles. The third kappa shape index (κ3) is 3.52. The number of nitrogens with one attached hydrogen (secondary N) is 2. The predicted molar refractivity (Wildman–Crippen MR) is 88.1 cm³/mol. The molecule has 2 rings (SSSR count). The SMILES string of the molecule is COc1cc(NC(=O)C2(C(=O)NC(C)C)CC2)c(OC)cc1Cl. The molecule has 0 spiro atoms. The van der Waals surface area contributed by atoms with Crippen LogP contribution in [0.3, 0.4) is 0 Å². The molecule has 1 aromatic rings. The Morgan fingerprint density at radius 1 is 1.13 bits per heavy atom. The lowest BCUT2D eigenvalue weighted by Crippen LogP contribution is -2.42. The van der Waals surface area contributed by atoms with Crippen LogP contribution in [0.25, 0.3) is 0 Å². The van der Waals surface area contributed by atoms with Gasteiger partial charge in [0, 0.05) is 18.2 Å². The Kier molecular flexibility index (Phi) is 5.04. The molecule has 0 bridgehead atoms. The van der Waals surface area contributed by atoms with E-state index < -0.39 is 5.41 Å². The molecule has 1 saturated carbocycles. The van der Waals surface area contributed by atoms with E-state index in [1.165, 1.54) is 14.2 Å². The highest BCUT2D eigenvalue weighted by atomic mass is 35.5. The van der Waals surface area contributed by atoms with Crippen LogP contribution in [-0.4, -0.2) is 32.1 Å². The Balaban J connectivity index is 2.22. The van der Waals surface area contributed by atoms with E-state index in [1.807, 2.05) is 13.8 Å². The van der Waals surface area contributed by atoms with Gasteiger partial charge in [-0.05, 0) is 26.7 Å². The first-order chi connectivity index (χ1) is 10.8. The maximum absolute atomic E-state index is 12.6. The van der Waals surface area contributed by atoms with Crippen LogP contribution in [0.1, 0.15) is 26.7 Å². The Morgan fingerprint density at radius 3 is 2.22 bits per heavy atom. The molecule has 7 heteroatoms. The van der Waals surface area contributed by atoms with Gasteiger partial charge in [-0.25, -0.2) is 0 Å². The van der Waals surface area contributed by atoms with Gasteiger partial charge in [0.25, 0.3) is 0 Å². The minimum atomic E-state index is -0.998. The van der Waals surface area contributed by atoms with Crippen LogP contribution in [0, 0.1) is 5.41 Å². The van der Waals surface area contributed by atoms with Gasteiger partial charge < -0.3 is 20.1 Å². The Morgan fingerprint density at radius 2 is 1.74 bits per heavy atom. The van der Waals surface area contributed by atoms with Crippen LogP contribution in [0.2, 0.25) is 5.02 Å². The molecule has 0 unspecified atom stereocenters. The van der Waals surface area contributed by atoms with Gasteiger partial charge in [-0.1, -0.05) is 11.6 Å². The molecule has 1 aliphatic rings. The smallest absolute Gasteiger partial charge is 0.240 e. The number of anilines is 1. The van der Waals surface area contributed by atoms with E-state index in [-0.39, 0.29) is 17.9 Å². The topological polar surface area (TPSA) is 76.7 Å². The maximum Gasteiger partial charge on any atom is 0.240 e. The second-order valence-electron chi connectivity index (χ2n) is 5.85. The standard InChI is InChI=1S/C16H21ClN2O4/c1-9(2)18-14(20)16(5-6-16)15(21)19-11-8-12(22-3)10(17)7-13(11)23-4/h7-9H,5-6H2,1-4H3,(H,18,20)(H,19,21). The van der Waals surface area contributed by atoms with Crippen LogP contribution in [0.15, 0.2) is 12.1 Å². The molecule has 0 saturated heterocycles. The molecule has 2 amide bonds. The molecule has 23 heavy (non-hydrogen) atoms. The molecule has 0 heterocycles. The van der Waals surface area contributed by atoms with Gasteiger partial charge in [0.1, 0.15) is 16.9 Å². The summed E-state index contributed by atoms with van der Waals surface area (Å²) in [7, 11) is 2.96. The third-order valence-corrected chi connectivity index (χ3v) is 4.06. The monoisotopic (exact) mass is 340 g/mol. The lowest BCUT2D eigenvalue weighted by Gasteiger charge is -2.19. The number of carbonyl (C=O) groups excluding carboxylic acids is 2. The van der Waals surface area contributed by atoms with Gasteiger partial charge in [0.15, 0.2) is 0 Å². The molecule has 126 valence electrons. The van der Waals surface area contributed by atoms with Crippen LogP contribution in [0.4, 0.5) is 5.69 Å². The zero-order valence-electron chi connectivity index (χ0n) is 13.7. The number of halogens is 1. The van der Waals surface area contributed by atoms with E-state index in [0.29, 0.717) is 35.1 Å². The lowest BCUT2D eigenvalue weighted by atomic mass is 10.0. The molecule has 0 atom stereocenters. The van der Waals surface area contributed by atoms with Crippen LogP contribution in [-0.2, 0) is 9.59 Å². The number of ether oxygens (including phenoxy) is 2. The molecular formula is C16H21ClN2O4. The average Bonchev–Trinajstić information content (AvgIpc) is 3.29. The molecule has 1 fully saturated rings. The summed E-state index contributed by atoms with van der Waals surface area (Å²) in [6, 6.07) is 3.12. The Hall–Kier alpha value is -1.95. The maximum atomic E-state index is 12.6. The molecule has 6 nitrogen and oxygen atoms in total. The Labute approximate surface area is 140 Å². The van der Waals surface area contributed by atoms with E-state index in [0.717, 1.165) is 0 Å². The second-order valence-corrected chi connectivity index (χ2v) is 6.26. The largest absolute Gasteiger partial charge is 0.495 e. The van der Waals surface area contributed by atoms with E-state index in [4.69, 9.17) is 21.1 Å². The third-order valence-electron chi connectivity index (χ3n) is 3.76. The molecule has 2 N–H and O–H groups in total. The van der Waals surface area contributed by atoms with Crippen molar-refractivity contribution in [2.24, 2.45) is 5.41 Å². The van der Waals surface area contributed by atoms with Gasteiger partial charge >= 0.3 is 0 Å². The normalized spacial score (nSPS) is 15.0. The molecule has 1 aromatic carbocycles. The summed E-state index contributed by atoms with van der Waals surface area (Å²) < 4.78 is 10.4. The van der Waals surface area contributed by atoms with Crippen molar-refractivity contribution in [2.45, 2.75) is 32.7 Å². The van der Waals surface area contributed by atoms with Gasteiger partial charge in [-0.2, -0.15) is 0 Å². The first-order valence-corrected chi connectivity index (χ1v) is 7.76. The van der Waals surface area contributed by atoms with E-state index in [9.17, 15) is 9.59 Å². The summed E-state index contributed by atoms with van der Waals surface area (Å²) in [5, 5.41) is 5.93. The molecule has 0 aromatic heterocycles. The highest BCUT2D eigenvalue weighted by molar-refractivity contribution is 6.32. The number of benzene rings is 1. The summed E-state index contributed by atoms with van der Waals surface area (Å²) in [4.78, 5) is 24.8. The van der Waals surface area contributed by atoms with Crippen LogP contribution in [0.5, 0.6) is 11.5 Å². The van der Waals surface area contributed by atoms with Crippen molar-refractivity contribution < 1.29 is 19.1 Å². The van der Waals surface area contributed by atoms with E-state index in [1.54, 1.807) is 12.1 Å². The van der Waals surface area contributed by atoms with Crippen molar-refractivity contribution in [1.29, 1.82) is 0 Å². The summed E-state index contributed by atoms with van der Waals surface area (Å²) >= 11 is 6.04. The van der Waals surface area contributed by atoms with Crippen LogP contribution >= 0.6 is 11.6 Å².